The first-order valence-corrected chi connectivity index (χ1v) is 8.58. The lowest BCUT2D eigenvalue weighted by molar-refractivity contribution is 0.0108. The number of carbonyl (C=O) groups is 1. The zero-order valence-electron chi connectivity index (χ0n) is 14.1. The van der Waals surface area contributed by atoms with Crippen LogP contribution in [-0.2, 0) is 9.47 Å². The maximum Gasteiger partial charge on any atom is 0.314 e. The van der Waals surface area contributed by atoms with Crippen molar-refractivity contribution >= 4 is 16.9 Å². The van der Waals surface area contributed by atoms with Gasteiger partial charge in [-0.25, -0.2) is 0 Å². The van der Waals surface area contributed by atoms with E-state index < -0.39 is 11.1 Å². The summed E-state index contributed by atoms with van der Waals surface area (Å²) < 4.78 is 11.0. The van der Waals surface area contributed by atoms with Crippen LogP contribution in [0.3, 0.4) is 0 Å². The molecule has 0 saturated carbocycles. The molecule has 0 unspecified atom stereocenters. The van der Waals surface area contributed by atoms with E-state index in [0.29, 0.717) is 43.0 Å². The van der Waals surface area contributed by atoms with Crippen molar-refractivity contribution in [3.8, 4) is 0 Å². The quantitative estimate of drug-likeness (QED) is 0.608. The molecule has 1 aromatic carbocycles. The van der Waals surface area contributed by atoms with E-state index in [9.17, 15) is 14.4 Å². The number of hydrogen-bond acceptors (Lipinski definition) is 6. The fraction of sp³-hybridized carbons (Fsp3) is 0.471. The topological polar surface area (TPSA) is 117 Å². The molecule has 1 aromatic heterocycles. The fourth-order valence-electron chi connectivity index (χ4n) is 3.46. The maximum atomic E-state index is 12.7. The molecule has 2 aromatic rings. The lowest BCUT2D eigenvalue weighted by atomic mass is 10.1. The van der Waals surface area contributed by atoms with Crippen LogP contribution in [0.1, 0.15) is 10.4 Å². The Labute approximate surface area is 148 Å². The molecule has 3 N–H and O–H groups in total. The summed E-state index contributed by atoms with van der Waals surface area (Å²) in [5.41, 5.74) is -0.165. The van der Waals surface area contributed by atoms with Crippen molar-refractivity contribution < 1.29 is 14.3 Å². The molecule has 1 amide bonds. The Balaban J connectivity index is 1.52. The van der Waals surface area contributed by atoms with Crippen molar-refractivity contribution in [2.24, 2.45) is 0 Å². The molecule has 2 aliphatic rings. The summed E-state index contributed by atoms with van der Waals surface area (Å²) in [5.74, 6) is -0.243. The summed E-state index contributed by atoms with van der Waals surface area (Å²) in [6.45, 7) is 4.07. The van der Waals surface area contributed by atoms with Gasteiger partial charge in [0.2, 0.25) is 0 Å². The molecule has 2 fully saturated rings. The Morgan fingerprint density at radius 2 is 1.77 bits per heavy atom. The highest BCUT2D eigenvalue weighted by Crippen LogP contribution is 2.16. The van der Waals surface area contributed by atoms with Gasteiger partial charge in [-0.2, -0.15) is 0 Å². The van der Waals surface area contributed by atoms with Gasteiger partial charge in [-0.1, -0.05) is 0 Å². The molecule has 9 heteroatoms. The molecule has 26 heavy (non-hydrogen) atoms. The number of rotatable bonds is 3. The predicted molar refractivity (Wildman–Crippen MR) is 93.4 cm³/mol. The smallest absolute Gasteiger partial charge is 0.314 e. The van der Waals surface area contributed by atoms with Crippen LogP contribution >= 0.6 is 0 Å². The van der Waals surface area contributed by atoms with Gasteiger partial charge in [0.25, 0.3) is 5.91 Å². The summed E-state index contributed by atoms with van der Waals surface area (Å²) in [6, 6.07) is 4.80. The van der Waals surface area contributed by atoms with E-state index in [2.05, 4.69) is 20.2 Å². The number of H-pyrrole nitrogens is 2. The van der Waals surface area contributed by atoms with Crippen LogP contribution in [0.5, 0.6) is 0 Å². The molecular formula is C17H20N4O5. The summed E-state index contributed by atoms with van der Waals surface area (Å²) in [5, 5.41) is 3.02. The maximum absolute atomic E-state index is 12.7. The molecule has 3 heterocycles. The van der Waals surface area contributed by atoms with E-state index in [1.54, 1.807) is 18.2 Å². The molecular weight excluding hydrogens is 340 g/mol. The number of morpholine rings is 1. The highest BCUT2D eigenvalue weighted by Gasteiger charge is 2.35. The van der Waals surface area contributed by atoms with Crippen molar-refractivity contribution in [2.45, 2.75) is 12.1 Å². The van der Waals surface area contributed by atoms with Gasteiger partial charge >= 0.3 is 11.1 Å². The lowest BCUT2D eigenvalue weighted by Gasteiger charge is -2.34. The van der Waals surface area contributed by atoms with Crippen LogP contribution in [0.2, 0.25) is 0 Å². The first kappa shape index (κ1) is 17.0. The Kier molecular flexibility index (Phi) is 4.58. The zero-order chi connectivity index (χ0) is 18.1. The van der Waals surface area contributed by atoms with E-state index in [-0.39, 0.29) is 18.0 Å². The second-order valence-electron chi connectivity index (χ2n) is 6.50. The molecule has 138 valence electrons. The number of nitrogens with zero attached hydrogens (tertiary/aromatic N) is 1. The number of ether oxygens (including phenoxy) is 2. The number of carbonyl (C=O) groups excluding carboxylic acids is 1. The van der Waals surface area contributed by atoms with Gasteiger partial charge in [0.15, 0.2) is 0 Å². The Morgan fingerprint density at radius 3 is 2.54 bits per heavy atom. The van der Waals surface area contributed by atoms with E-state index in [4.69, 9.17) is 9.47 Å². The van der Waals surface area contributed by atoms with Crippen LogP contribution in [-0.4, -0.2) is 72.4 Å². The van der Waals surface area contributed by atoms with E-state index >= 15 is 0 Å². The van der Waals surface area contributed by atoms with Gasteiger partial charge in [0, 0.05) is 18.7 Å². The minimum Gasteiger partial charge on any atom is -0.379 e. The second kappa shape index (κ2) is 7.02. The summed E-state index contributed by atoms with van der Waals surface area (Å²) in [4.78, 5) is 42.7. The first-order valence-electron chi connectivity index (χ1n) is 8.58. The summed E-state index contributed by atoms with van der Waals surface area (Å²) in [7, 11) is 0. The Bertz CT molecular complexity index is 931. The second-order valence-corrected chi connectivity index (χ2v) is 6.50. The van der Waals surface area contributed by atoms with E-state index in [1.807, 2.05) is 0 Å². The molecule has 0 spiro atoms. The monoisotopic (exact) mass is 360 g/mol. The van der Waals surface area contributed by atoms with Crippen molar-refractivity contribution in [2.75, 3.05) is 39.5 Å². The molecule has 0 bridgehead atoms. The number of fused-ring (bicyclic) bond motifs is 1. The van der Waals surface area contributed by atoms with Crippen LogP contribution in [0.25, 0.3) is 11.0 Å². The normalized spacial score (nSPS) is 24.0. The summed E-state index contributed by atoms with van der Waals surface area (Å²) >= 11 is 0. The highest BCUT2D eigenvalue weighted by atomic mass is 16.5. The molecule has 2 saturated heterocycles. The summed E-state index contributed by atoms with van der Waals surface area (Å²) in [6.07, 6.45) is 0. The van der Waals surface area contributed by atoms with Crippen molar-refractivity contribution in [1.29, 1.82) is 0 Å². The molecule has 0 aliphatic carbocycles. The number of hydrogen-bond donors (Lipinski definition) is 3. The predicted octanol–water partition coefficient (Wildman–Crippen LogP) is -0.954. The number of aromatic amines is 2. The largest absolute Gasteiger partial charge is 0.379 e. The minimum atomic E-state index is -0.744. The van der Waals surface area contributed by atoms with Crippen LogP contribution in [0.4, 0.5) is 0 Å². The average molecular weight is 360 g/mol. The van der Waals surface area contributed by atoms with Gasteiger partial charge in [0.1, 0.15) is 0 Å². The highest BCUT2D eigenvalue weighted by molar-refractivity contribution is 5.97. The van der Waals surface area contributed by atoms with E-state index in [1.165, 1.54) is 0 Å². The van der Waals surface area contributed by atoms with Crippen molar-refractivity contribution in [3.05, 3.63) is 44.5 Å². The molecule has 9 nitrogen and oxygen atoms in total. The van der Waals surface area contributed by atoms with Gasteiger partial charge in [-0.3, -0.25) is 19.3 Å². The van der Waals surface area contributed by atoms with Crippen LogP contribution in [0.15, 0.2) is 27.8 Å². The number of aromatic nitrogens is 2. The van der Waals surface area contributed by atoms with Gasteiger partial charge in [0.05, 0.1) is 49.5 Å². The number of benzene rings is 1. The van der Waals surface area contributed by atoms with Crippen molar-refractivity contribution in [3.63, 3.8) is 0 Å². The number of nitrogens with one attached hydrogen (secondary N) is 3. The third kappa shape index (κ3) is 3.28. The molecule has 0 radical (unpaired) electrons. The lowest BCUT2D eigenvalue weighted by Crippen LogP contribution is -2.54. The zero-order valence-corrected chi connectivity index (χ0v) is 14.1. The minimum absolute atomic E-state index is 0.106. The van der Waals surface area contributed by atoms with Gasteiger partial charge in [-0.15, -0.1) is 0 Å². The number of amides is 1. The Hall–Kier alpha value is -2.49. The van der Waals surface area contributed by atoms with Gasteiger partial charge in [-0.05, 0) is 18.2 Å². The molecule has 2 atom stereocenters. The first-order chi connectivity index (χ1) is 12.6. The van der Waals surface area contributed by atoms with Crippen LogP contribution in [0, 0.1) is 0 Å². The SMILES string of the molecule is O=C(N[C@@H]1COC[C@H]1N1CCOCC1)c1ccc2[nH]c(=O)c(=O)[nH]c2c1. The van der Waals surface area contributed by atoms with E-state index in [0.717, 1.165) is 13.1 Å². The molecule has 4 rings (SSSR count). The third-order valence-corrected chi connectivity index (χ3v) is 4.87. The third-order valence-electron chi connectivity index (χ3n) is 4.87. The van der Waals surface area contributed by atoms with Crippen LogP contribution < -0.4 is 16.4 Å². The Morgan fingerprint density at radius 1 is 1.04 bits per heavy atom. The average Bonchev–Trinajstić information content (AvgIpc) is 3.11. The standard InChI is InChI=1S/C17H20N4O5/c22-15(10-1-2-11-12(7-10)19-17(24)16(23)18-11)20-13-8-26-9-14(13)21-3-5-25-6-4-21/h1-2,7,13-14H,3-6,8-9H2,(H,18,23)(H,19,24)(H,20,22)/t13-,14-/m1/s1. The molecule has 2 aliphatic heterocycles. The van der Waals surface area contributed by atoms with Crippen molar-refractivity contribution in [1.82, 2.24) is 20.2 Å². The fourth-order valence-corrected chi connectivity index (χ4v) is 3.46. The van der Waals surface area contributed by atoms with Gasteiger partial charge < -0.3 is 24.8 Å².